The summed E-state index contributed by atoms with van der Waals surface area (Å²) in [5.74, 6) is 1.79. The van der Waals surface area contributed by atoms with Gasteiger partial charge in [0.2, 0.25) is 0 Å². The summed E-state index contributed by atoms with van der Waals surface area (Å²) in [6.07, 6.45) is 10.9. The summed E-state index contributed by atoms with van der Waals surface area (Å²) in [6, 6.07) is 0. The van der Waals surface area contributed by atoms with Gasteiger partial charge in [0.25, 0.3) is 0 Å². The van der Waals surface area contributed by atoms with Gasteiger partial charge in [-0.15, -0.1) is 0 Å². The monoisotopic (exact) mass is 288 g/mol. The lowest BCUT2D eigenvalue weighted by Gasteiger charge is -2.57. The van der Waals surface area contributed by atoms with Gasteiger partial charge in [0.1, 0.15) is 5.78 Å². The average molecular weight is 288 g/mol. The van der Waals surface area contributed by atoms with Crippen LogP contribution in [0.15, 0.2) is 11.6 Å². The molecule has 0 aromatic rings. The Labute approximate surface area is 128 Å². The second-order valence-electron chi connectivity index (χ2n) is 8.52. The summed E-state index contributed by atoms with van der Waals surface area (Å²) in [6.45, 7) is 4.62. The van der Waals surface area contributed by atoms with Crippen LogP contribution in [0.5, 0.6) is 0 Å². The van der Waals surface area contributed by atoms with E-state index in [-0.39, 0.29) is 11.5 Å². The number of Topliss-reactive ketones (excluding diaryl/α,β-unsaturated/α-hetero) is 1. The minimum Gasteiger partial charge on any atom is -0.389 e. The zero-order chi connectivity index (χ0) is 14.8. The van der Waals surface area contributed by atoms with Crippen LogP contribution in [0.25, 0.3) is 0 Å². The van der Waals surface area contributed by atoms with E-state index in [4.69, 9.17) is 0 Å². The number of ketones is 1. The summed E-state index contributed by atoms with van der Waals surface area (Å²) >= 11 is 0. The normalized spacial score (nSPS) is 52.7. The molecular weight excluding hydrogens is 260 g/mol. The first-order chi connectivity index (χ1) is 9.97. The van der Waals surface area contributed by atoms with Crippen molar-refractivity contribution in [1.82, 2.24) is 0 Å². The standard InChI is InChI=1S/C19H28O2/c1-18-9-4-3-5-12(18)11-15(20)17-13-6-7-16(21)19(13,2)10-8-14(17)18/h11,13-15,17,20H,3-10H2,1-2H3. The molecule has 2 heteroatoms. The lowest BCUT2D eigenvalue weighted by Crippen LogP contribution is -2.54. The van der Waals surface area contributed by atoms with Crippen LogP contribution in [0.3, 0.4) is 0 Å². The van der Waals surface area contributed by atoms with Crippen LogP contribution < -0.4 is 0 Å². The molecule has 3 saturated carbocycles. The summed E-state index contributed by atoms with van der Waals surface area (Å²) in [7, 11) is 0. The van der Waals surface area contributed by atoms with Gasteiger partial charge in [0.05, 0.1) is 6.10 Å². The second kappa shape index (κ2) is 4.44. The molecule has 0 spiro atoms. The molecule has 3 fully saturated rings. The molecule has 0 heterocycles. The Hall–Kier alpha value is -0.630. The fraction of sp³-hybridized carbons (Fsp3) is 0.842. The molecule has 6 atom stereocenters. The summed E-state index contributed by atoms with van der Waals surface area (Å²) in [5, 5.41) is 10.8. The van der Waals surface area contributed by atoms with Crippen molar-refractivity contribution >= 4 is 5.78 Å². The zero-order valence-corrected chi connectivity index (χ0v) is 13.4. The lowest BCUT2D eigenvalue weighted by atomic mass is 9.47. The fourth-order valence-electron chi connectivity index (χ4n) is 6.46. The predicted octanol–water partition coefficient (Wildman–Crippen LogP) is 3.88. The van der Waals surface area contributed by atoms with Crippen LogP contribution in [-0.2, 0) is 4.79 Å². The van der Waals surface area contributed by atoms with E-state index in [0.29, 0.717) is 29.0 Å². The number of aliphatic hydroxyl groups excluding tert-OH is 1. The maximum atomic E-state index is 12.4. The Morgan fingerprint density at radius 3 is 2.62 bits per heavy atom. The maximum absolute atomic E-state index is 12.4. The Bertz CT molecular complexity index is 508. The summed E-state index contributed by atoms with van der Waals surface area (Å²) in [5.41, 5.74) is 1.68. The molecule has 4 rings (SSSR count). The van der Waals surface area contributed by atoms with E-state index in [1.165, 1.54) is 31.3 Å². The highest BCUT2D eigenvalue weighted by Crippen LogP contribution is 2.63. The molecule has 4 aliphatic carbocycles. The van der Waals surface area contributed by atoms with Gasteiger partial charge in [-0.05, 0) is 61.7 Å². The van der Waals surface area contributed by atoms with Crippen molar-refractivity contribution < 1.29 is 9.90 Å². The van der Waals surface area contributed by atoms with Crippen molar-refractivity contribution in [3.8, 4) is 0 Å². The number of fused-ring (bicyclic) bond motifs is 5. The summed E-state index contributed by atoms with van der Waals surface area (Å²) in [4.78, 5) is 12.4. The van der Waals surface area contributed by atoms with E-state index in [9.17, 15) is 9.90 Å². The fourth-order valence-corrected chi connectivity index (χ4v) is 6.46. The molecule has 116 valence electrons. The first kappa shape index (κ1) is 14.0. The van der Waals surface area contributed by atoms with E-state index in [1.807, 2.05) is 0 Å². The Balaban J connectivity index is 1.76. The molecule has 2 nitrogen and oxygen atoms in total. The zero-order valence-electron chi connectivity index (χ0n) is 13.4. The van der Waals surface area contributed by atoms with Crippen molar-refractivity contribution in [2.45, 2.75) is 71.3 Å². The molecule has 0 saturated heterocycles. The van der Waals surface area contributed by atoms with Gasteiger partial charge in [-0.25, -0.2) is 0 Å². The molecule has 0 radical (unpaired) electrons. The number of allylic oxidation sites excluding steroid dienone is 1. The van der Waals surface area contributed by atoms with Gasteiger partial charge in [-0.2, -0.15) is 0 Å². The van der Waals surface area contributed by atoms with Gasteiger partial charge < -0.3 is 5.11 Å². The highest BCUT2D eigenvalue weighted by molar-refractivity contribution is 5.87. The molecule has 21 heavy (non-hydrogen) atoms. The molecule has 0 bridgehead atoms. The number of hydrogen-bond donors (Lipinski definition) is 1. The van der Waals surface area contributed by atoms with E-state index in [2.05, 4.69) is 19.9 Å². The van der Waals surface area contributed by atoms with Crippen LogP contribution in [0, 0.1) is 28.6 Å². The number of hydrogen-bond acceptors (Lipinski definition) is 2. The number of carbonyl (C=O) groups is 1. The molecule has 0 aromatic carbocycles. The highest BCUT2D eigenvalue weighted by atomic mass is 16.3. The van der Waals surface area contributed by atoms with E-state index in [0.717, 1.165) is 25.7 Å². The molecule has 0 amide bonds. The van der Waals surface area contributed by atoms with Gasteiger partial charge in [0, 0.05) is 11.8 Å². The van der Waals surface area contributed by atoms with Crippen molar-refractivity contribution in [3.63, 3.8) is 0 Å². The van der Waals surface area contributed by atoms with E-state index in [1.54, 1.807) is 0 Å². The van der Waals surface area contributed by atoms with Gasteiger partial charge in [-0.3, -0.25) is 4.79 Å². The van der Waals surface area contributed by atoms with Crippen LogP contribution >= 0.6 is 0 Å². The first-order valence-corrected chi connectivity index (χ1v) is 8.89. The lowest BCUT2D eigenvalue weighted by molar-refractivity contribution is -0.135. The largest absolute Gasteiger partial charge is 0.389 e. The minimum atomic E-state index is -0.313. The van der Waals surface area contributed by atoms with Crippen molar-refractivity contribution in [2.75, 3.05) is 0 Å². The number of carbonyl (C=O) groups excluding carboxylic acids is 1. The van der Waals surface area contributed by atoms with Crippen LogP contribution in [0.1, 0.15) is 65.2 Å². The highest BCUT2D eigenvalue weighted by Gasteiger charge is 2.60. The van der Waals surface area contributed by atoms with Gasteiger partial charge in [0.15, 0.2) is 0 Å². The molecular formula is C19H28O2. The quantitative estimate of drug-likeness (QED) is 0.687. The maximum Gasteiger partial charge on any atom is 0.139 e. The Kier molecular flexibility index (Phi) is 2.96. The number of aliphatic hydroxyl groups is 1. The first-order valence-electron chi connectivity index (χ1n) is 8.89. The van der Waals surface area contributed by atoms with Crippen molar-refractivity contribution in [2.24, 2.45) is 28.6 Å². The third-order valence-corrected chi connectivity index (χ3v) is 7.75. The van der Waals surface area contributed by atoms with E-state index >= 15 is 0 Å². The van der Waals surface area contributed by atoms with Crippen LogP contribution in [-0.4, -0.2) is 17.0 Å². The van der Waals surface area contributed by atoms with Gasteiger partial charge >= 0.3 is 0 Å². The third-order valence-electron chi connectivity index (χ3n) is 7.75. The smallest absolute Gasteiger partial charge is 0.139 e. The Morgan fingerprint density at radius 1 is 1.05 bits per heavy atom. The minimum absolute atomic E-state index is 0.140. The van der Waals surface area contributed by atoms with Gasteiger partial charge in [-0.1, -0.05) is 31.9 Å². The summed E-state index contributed by atoms with van der Waals surface area (Å²) < 4.78 is 0. The second-order valence-corrected chi connectivity index (χ2v) is 8.52. The SMILES string of the molecule is CC12CCC3C(C(O)C=C4CCCCC43C)C1CCC2=O. The molecule has 4 aliphatic rings. The van der Waals surface area contributed by atoms with Crippen molar-refractivity contribution in [3.05, 3.63) is 11.6 Å². The molecule has 0 aliphatic heterocycles. The topological polar surface area (TPSA) is 37.3 Å². The average Bonchev–Trinajstić information content (AvgIpc) is 2.76. The molecule has 0 aromatic heterocycles. The number of rotatable bonds is 0. The van der Waals surface area contributed by atoms with Crippen molar-refractivity contribution in [1.29, 1.82) is 0 Å². The molecule has 1 N–H and O–H groups in total. The van der Waals surface area contributed by atoms with Crippen LogP contribution in [0.4, 0.5) is 0 Å². The van der Waals surface area contributed by atoms with E-state index < -0.39 is 0 Å². The predicted molar refractivity (Wildman–Crippen MR) is 82.7 cm³/mol. The van der Waals surface area contributed by atoms with Crippen LogP contribution in [0.2, 0.25) is 0 Å². The molecule has 6 unspecified atom stereocenters. The Morgan fingerprint density at radius 2 is 1.81 bits per heavy atom. The third kappa shape index (κ3) is 1.72.